The molecular formula is C13H22N4O8S2. The quantitative estimate of drug-likeness (QED) is 0.115. The van der Waals surface area contributed by atoms with Gasteiger partial charge in [0.05, 0.1) is 0 Å². The molecule has 0 rings (SSSR count). The Bertz CT molecular complexity index is 562. The van der Waals surface area contributed by atoms with Crippen LogP contribution in [0.5, 0.6) is 0 Å². The second-order valence-electron chi connectivity index (χ2n) is 5.14. The van der Waals surface area contributed by atoms with Gasteiger partial charge in [-0.25, -0.2) is 0 Å². The average Bonchev–Trinajstić information content (AvgIpc) is 2.59. The number of rotatable bonds is 14. The molecule has 154 valence electrons. The summed E-state index contributed by atoms with van der Waals surface area (Å²) < 4.78 is 0. The van der Waals surface area contributed by atoms with Gasteiger partial charge in [0, 0.05) is 17.3 Å². The summed E-state index contributed by atoms with van der Waals surface area (Å²) in [7, 11) is 0. The highest BCUT2D eigenvalue weighted by molar-refractivity contribution is 8.16. The molecule has 0 saturated carbocycles. The first-order chi connectivity index (χ1) is 12.5. The van der Waals surface area contributed by atoms with Crippen molar-refractivity contribution in [1.29, 1.82) is 0 Å². The van der Waals surface area contributed by atoms with Gasteiger partial charge in [0.25, 0.3) is 5.91 Å². The molecule has 14 heteroatoms. The molecule has 2 amide bonds. The minimum Gasteiger partial charge on any atom is -0.480 e. The van der Waals surface area contributed by atoms with Crippen LogP contribution in [0.4, 0.5) is 0 Å². The van der Waals surface area contributed by atoms with Crippen LogP contribution < -0.4 is 22.1 Å². The largest absolute Gasteiger partial charge is 0.480 e. The van der Waals surface area contributed by atoms with Gasteiger partial charge in [-0.3, -0.25) is 24.0 Å². The topological polar surface area (TPSA) is 222 Å². The number of carboxylic acids is 3. The molecule has 0 aliphatic rings. The van der Waals surface area contributed by atoms with Crippen molar-refractivity contribution in [1.82, 2.24) is 10.6 Å². The third-order valence-corrected chi connectivity index (χ3v) is 5.35. The van der Waals surface area contributed by atoms with E-state index in [1.54, 1.807) is 0 Å². The first-order valence-electron chi connectivity index (χ1n) is 7.49. The summed E-state index contributed by atoms with van der Waals surface area (Å²) in [5, 5.41) is 29.5. The molecule has 0 saturated heterocycles. The molecule has 0 heterocycles. The van der Waals surface area contributed by atoms with Gasteiger partial charge in [-0.15, -0.1) is 23.5 Å². The Balaban J connectivity index is 4.61. The van der Waals surface area contributed by atoms with Crippen molar-refractivity contribution in [3.8, 4) is 0 Å². The van der Waals surface area contributed by atoms with Crippen molar-refractivity contribution < 1.29 is 39.3 Å². The lowest BCUT2D eigenvalue weighted by molar-refractivity contribution is -0.139. The minimum absolute atomic E-state index is 0.0766. The van der Waals surface area contributed by atoms with Crippen molar-refractivity contribution in [2.24, 2.45) is 11.5 Å². The fraction of sp³-hybridized carbons (Fsp3) is 0.615. The van der Waals surface area contributed by atoms with Crippen LogP contribution >= 0.6 is 23.5 Å². The molecule has 0 spiro atoms. The van der Waals surface area contributed by atoms with E-state index < -0.39 is 53.7 Å². The van der Waals surface area contributed by atoms with Gasteiger partial charge in [0.15, 0.2) is 5.37 Å². The van der Waals surface area contributed by atoms with Crippen LogP contribution in [0.1, 0.15) is 12.8 Å². The summed E-state index contributed by atoms with van der Waals surface area (Å²) >= 11 is 2.05. The molecule has 0 aromatic heterocycles. The number of amides is 2. The Labute approximate surface area is 162 Å². The third kappa shape index (κ3) is 12.1. The van der Waals surface area contributed by atoms with Crippen LogP contribution in [0.15, 0.2) is 0 Å². The van der Waals surface area contributed by atoms with Gasteiger partial charge in [-0.2, -0.15) is 0 Å². The Hall–Kier alpha value is -2.03. The van der Waals surface area contributed by atoms with Gasteiger partial charge in [0.1, 0.15) is 18.6 Å². The number of aliphatic carboxylic acids is 3. The number of carboxylic acid groups (broad SMARTS) is 3. The fourth-order valence-corrected chi connectivity index (χ4v) is 3.59. The van der Waals surface area contributed by atoms with Crippen LogP contribution in [0.25, 0.3) is 0 Å². The lowest BCUT2D eigenvalue weighted by Gasteiger charge is -2.18. The zero-order valence-corrected chi connectivity index (χ0v) is 15.8. The highest BCUT2D eigenvalue weighted by Gasteiger charge is 2.23. The van der Waals surface area contributed by atoms with Crippen molar-refractivity contribution >= 4 is 53.2 Å². The third-order valence-electron chi connectivity index (χ3n) is 2.88. The van der Waals surface area contributed by atoms with E-state index >= 15 is 0 Å². The summed E-state index contributed by atoms with van der Waals surface area (Å²) in [5.41, 5.74) is 10.6. The van der Waals surface area contributed by atoms with E-state index in [4.69, 9.17) is 26.8 Å². The first-order valence-corrected chi connectivity index (χ1v) is 9.70. The van der Waals surface area contributed by atoms with Crippen molar-refractivity contribution in [3.63, 3.8) is 0 Å². The number of nitrogens with two attached hydrogens (primary N) is 2. The maximum absolute atomic E-state index is 12.0. The Morgan fingerprint density at radius 1 is 0.963 bits per heavy atom. The second kappa shape index (κ2) is 13.2. The fourth-order valence-electron chi connectivity index (χ4n) is 1.43. The zero-order chi connectivity index (χ0) is 21.0. The molecule has 0 radical (unpaired) electrons. The molecule has 3 atom stereocenters. The summed E-state index contributed by atoms with van der Waals surface area (Å²) in [4.78, 5) is 55.7. The van der Waals surface area contributed by atoms with Crippen molar-refractivity contribution in [2.75, 3.05) is 17.4 Å². The number of carbonyl (C=O) groups is 5. The molecular weight excluding hydrogens is 404 g/mol. The van der Waals surface area contributed by atoms with E-state index in [0.717, 1.165) is 23.5 Å². The molecule has 0 aliphatic heterocycles. The Morgan fingerprint density at radius 3 is 2.07 bits per heavy atom. The predicted octanol–water partition coefficient (Wildman–Crippen LogP) is -2.34. The number of thioether (sulfide) groups is 2. The first kappa shape index (κ1) is 25.0. The van der Waals surface area contributed by atoms with Crippen LogP contribution in [-0.4, -0.2) is 79.9 Å². The van der Waals surface area contributed by atoms with E-state index in [1.807, 2.05) is 0 Å². The lowest BCUT2D eigenvalue weighted by Crippen LogP contribution is -2.46. The minimum atomic E-state index is -1.27. The second-order valence-corrected chi connectivity index (χ2v) is 7.63. The van der Waals surface area contributed by atoms with E-state index in [-0.39, 0.29) is 23.7 Å². The van der Waals surface area contributed by atoms with Gasteiger partial charge >= 0.3 is 17.9 Å². The van der Waals surface area contributed by atoms with Crippen LogP contribution in [0, 0.1) is 0 Å². The normalized spacial score (nSPS) is 13.9. The Kier molecular flexibility index (Phi) is 12.2. The highest BCUT2D eigenvalue weighted by atomic mass is 32.2. The van der Waals surface area contributed by atoms with E-state index in [2.05, 4.69) is 10.6 Å². The van der Waals surface area contributed by atoms with E-state index in [9.17, 15) is 24.0 Å². The monoisotopic (exact) mass is 426 g/mol. The maximum Gasteiger partial charge on any atom is 0.322 e. The lowest BCUT2D eigenvalue weighted by atomic mass is 10.1. The van der Waals surface area contributed by atoms with Gasteiger partial charge in [-0.05, 0) is 6.42 Å². The number of hydrogen-bond donors (Lipinski definition) is 7. The highest BCUT2D eigenvalue weighted by Crippen LogP contribution is 2.17. The summed E-state index contributed by atoms with van der Waals surface area (Å²) in [6.45, 7) is -0.646. The zero-order valence-electron chi connectivity index (χ0n) is 14.1. The number of nitrogens with one attached hydrogen (secondary N) is 2. The molecule has 0 aromatic carbocycles. The van der Waals surface area contributed by atoms with Gasteiger partial charge < -0.3 is 37.4 Å². The Morgan fingerprint density at radius 2 is 1.56 bits per heavy atom. The number of hydrogen-bond acceptors (Lipinski definition) is 9. The predicted molar refractivity (Wildman–Crippen MR) is 97.9 cm³/mol. The standard InChI is InChI=1S/C13H22N4O8S2/c14-6(12(22)23)1-2-8(18)17-11(10(21)16-3-9(19)20)27-5-26-4-7(15)13(24)25/h6-7,11H,1-5,14-15H2,(H,16,21)(H,17,18)(H,19,20)(H,22,23)(H,24,25)/t6-,7-,11-/m0/s1. The SMILES string of the molecule is N[C@@H](CCC(=O)N[C@@H](SCSC[C@H](N)C(=O)O)C(=O)NCC(=O)O)C(=O)O. The van der Waals surface area contributed by atoms with Crippen LogP contribution in [-0.2, 0) is 24.0 Å². The van der Waals surface area contributed by atoms with Gasteiger partial charge in [-0.1, -0.05) is 0 Å². The van der Waals surface area contributed by atoms with Crippen molar-refractivity contribution in [3.05, 3.63) is 0 Å². The summed E-state index contributed by atoms with van der Waals surface area (Å²) in [6.07, 6.45) is -0.384. The molecule has 27 heavy (non-hydrogen) atoms. The molecule has 9 N–H and O–H groups in total. The number of carbonyl (C=O) groups excluding carboxylic acids is 2. The van der Waals surface area contributed by atoms with Crippen LogP contribution in [0.2, 0.25) is 0 Å². The molecule has 0 aromatic rings. The average molecular weight is 426 g/mol. The molecule has 0 unspecified atom stereocenters. The van der Waals surface area contributed by atoms with Crippen LogP contribution in [0.3, 0.4) is 0 Å². The molecule has 0 bridgehead atoms. The molecule has 0 aliphatic carbocycles. The smallest absolute Gasteiger partial charge is 0.322 e. The molecule has 0 fully saturated rings. The van der Waals surface area contributed by atoms with E-state index in [0.29, 0.717) is 0 Å². The van der Waals surface area contributed by atoms with Crippen molar-refractivity contribution in [2.45, 2.75) is 30.3 Å². The summed E-state index contributed by atoms with van der Waals surface area (Å²) in [6, 6.07) is -2.31. The molecule has 12 nitrogen and oxygen atoms in total. The van der Waals surface area contributed by atoms with E-state index in [1.165, 1.54) is 0 Å². The maximum atomic E-state index is 12.0. The summed E-state index contributed by atoms with van der Waals surface area (Å²) in [5.74, 6) is -5.03. The van der Waals surface area contributed by atoms with Gasteiger partial charge in [0.2, 0.25) is 5.91 Å².